The number of aromatic nitrogens is 3. The highest BCUT2D eigenvalue weighted by atomic mass is 19.1. The number of rotatable bonds is 2. The van der Waals surface area contributed by atoms with Crippen molar-refractivity contribution in [1.82, 2.24) is 14.5 Å². The van der Waals surface area contributed by atoms with E-state index in [2.05, 4.69) is 4.98 Å². The molecule has 0 radical (unpaired) electrons. The molecule has 1 aromatic carbocycles. The molecular formula is C21H19FN4O. The first-order valence-electron chi connectivity index (χ1n) is 9.09. The summed E-state index contributed by atoms with van der Waals surface area (Å²) >= 11 is 0. The number of hydrogen-bond acceptors (Lipinski definition) is 4. The Morgan fingerprint density at radius 2 is 2.11 bits per heavy atom. The van der Waals surface area contributed by atoms with Crippen LogP contribution in [0.5, 0.6) is 5.88 Å². The molecule has 6 heteroatoms. The molecule has 3 heterocycles. The van der Waals surface area contributed by atoms with E-state index in [1.54, 1.807) is 13.0 Å². The quantitative estimate of drug-likeness (QED) is 0.506. The van der Waals surface area contributed by atoms with Crippen LogP contribution in [0.3, 0.4) is 0 Å². The number of fused-ring (bicyclic) bond motifs is 2. The van der Waals surface area contributed by atoms with E-state index in [1.165, 1.54) is 12.6 Å². The van der Waals surface area contributed by atoms with Crippen LogP contribution in [0.4, 0.5) is 10.1 Å². The number of nitrogens with zero attached hydrogens (tertiary/aromatic N) is 3. The zero-order chi connectivity index (χ0) is 18.7. The monoisotopic (exact) mass is 362 g/mol. The second-order valence-corrected chi connectivity index (χ2v) is 7.26. The lowest BCUT2D eigenvalue weighted by molar-refractivity contribution is 0.283. The molecule has 27 heavy (non-hydrogen) atoms. The zero-order valence-electron chi connectivity index (χ0n) is 14.9. The summed E-state index contributed by atoms with van der Waals surface area (Å²) in [5.41, 5.74) is 10.5. The second kappa shape index (κ2) is 5.67. The van der Waals surface area contributed by atoms with Crippen molar-refractivity contribution in [2.24, 2.45) is 0 Å². The van der Waals surface area contributed by atoms with Gasteiger partial charge in [-0.25, -0.2) is 9.97 Å². The van der Waals surface area contributed by atoms with Gasteiger partial charge in [-0.2, -0.15) is 4.39 Å². The minimum atomic E-state index is -0.476. The number of nitrogen functional groups attached to an aromatic ring is 1. The normalized spacial score (nSPS) is 14.7. The van der Waals surface area contributed by atoms with Gasteiger partial charge in [0.2, 0.25) is 11.8 Å². The molecule has 5 rings (SSSR count). The molecule has 0 unspecified atom stereocenters. The highest BCUT2D eigenvalue weighted by Crippen LogP contribution is 2.43. The Labute approximate surface area is 155 Å². The lowest BCUT2D eigenvalue weighted by atomic mass is 9.93. The third-order valence-electron chi connectivity index (χ3n) is 5.61. The third kappa shape index (κ3) is 2.29. The fourth-order valence-electron chi connectivity index (χ4n) is 3.86. The molecule has 1 aliphatic rings. The first kappa shape index (κ1) is 16.1. The first-order chi connectivity index (χ1) is 13.0. The zero-order valence-corrected chi connectivity index (χ0v) is 14.9. The standard InChI is InChI=1S/C21H19FN4O/c1-11-8-12(9-24-20(11)22)14-6-3-7-15-18(23)17-16(25-19(14)15)10-26(21(17)27)13-4-2-5-13/h3,6-10,13,27H,2,4-5,23H2,1H3. The van der Waals surface area contributed by atoms with Crippen molar-refractivity contribution in [3.8, 4) is 17.0 Å². The van der Waals surface area contributed by atoms with Gasteiger partial charge in [-0.1, -0.05) is 18.2 Å². The summed E-state index contributed by atoms with van der Waals surface area (Å²) in [5, 5.41) is 12.1. The molecule has 1 aliphatic carbocycles. The average molecular weight is 362 g/mol. The summed E-state index contributed by atoms with van der Waals surface area (Å²) in [6, 6.07) is 7.78. The van der Waals surface area contributed by atoms with Crippen LogP contribution in [-0.4, -0.2) is 19.6 Å². The fraction of sp³-hybridized carbons (Fsp3) is 0.238. The summed E-state index contributed by atoms with van der Waals surface area (Å²) < 4.78 is 15.5. The van der Waals surface area contributed by atoms with E-state index in [-0.39, 0.29) is 5.88 Å². The number of anilines is 1. The van der Waals surface area contributed by atoms with E-state index in [9.17, 15) is 9.50 Å². The third-order valence-corrected chi connectivity index (χ3v) is 5.61. The number of aryl methyl sites for hydroxylation is 1. The summed E-state index contributed by atoms with van der Waals surface area (Å²) in [6.07, 6.45) is 6.68. The van der Waals surface area contributed by atoms with Crippen molar-refractivity contribution in [1.29, 1.82) is 0 Å². The molecule has 4 aromatic rings. The maximum absolute atomic E-state index is 13.6. The minimum absolute atomic E-state index is 0.186. The van der Waals surface area contributed by atoms with Crippen molar-refractivity contribution in [2.45, 2.75) is 32.2 Å². The number of benzene rings is 1. The van der Waals surface area contributed by atoms with Crippen LogP contribution in [0.1, 0.15) is 30.9 Å². The molecular weight excluding hydrogens is 343 g/mol. The Balaban J connectivity index is 1.80. The highest BCUT2D eigenvalue weighted by Gasteiger charge is 2.25. The average Bonchev–Trinajstić information content (AvgIpc) is 2.92. The van der Waals surface area contributed by atoms with Gasteiger partial charge in [0.05, 0.1) is 22.1 Å². The number of hydrogen-bond donors (Lipinski definition) is 2. The van der Waals surface area contributed by atoms with Gasteiger partial charge in [-0.3, -0.25) is 0 Å². The number of nitrogens with two attached hydrogens (primary N) is 1. The van der Waals surface area contributed by atoms with E-state index in [0.717, 1.165) is 34.9 Å². The molecule has 0 aliphatic heterocycles. The molecule has 0 saturated heterocycles. The number of halogens is 1. The van der Waals surface area contributed by atoms with E-state index in [4.69, 9.17) is 10.7 Å². The van der Waals surface area contributed by atoms with Crippen LogP contribution in [0.15, 0.2) is 36.7 Å². The van der Waals surface area contributed by atoms with Crippen LogP contribution in [0.25, 0.3) is 32.9 Å². The van der Waals surface area contributed by atoms with Crippen molar-refractivity contribution in [3.05, 3.63) is 48.2 Å². The topological polar surface area (TPSA) is 77.0 Å². The molecule has 1 saturated carbocycles. The molecule has 0 bridgehead atoms. The minimum Gasteiger partial charge on any atom is -0.494 e. The van der Waals surface area contributed by atoms with E-state index < -0.39 is 5.95 Å². The Morgan fingerprint density at radius 1 is 1.30 bits per heavy atom. The van der Waals surface area contributed by atoms with Crippen LogP contribution in [0.2, 0.25) is 0 Å². The Hall–Kier alpha value is -3.15. The predicted octanol–water partition coefficient (Wildman–Crippen LogP) is 4.71. The van der Waals surface area contributed by atoms with Crippen LogP contribution >= 0.6 is 0 Å². The SMILES string of the molecule is Cc1cc(-c2cccc3c(N)c4c(O)n(C5CCC5)cc4nc23)cnc1F. The molecule has 1 fully saturated rings. The predicted molar refractivity (Wildman–Crippen MR) is 104 cm³/mol. The van der Waals surface area contributed by atoms with E-state index in [1.807, 2.05) is 29.0 Å². The van der Waals surface area contributed by atoms with Crippen molar-refractivity contribution < 1.29 is 9.50 Å². The van der Waals surface area contributed by atoms with Crippen LogP contribution < -0.4 is 5.73 Å². The van der Waals surface area contributed by atoms with Crippen molar-refractivity contribution in [3.63, 3.8) is 0 Å². The van der Waals surface area contributed by atoms with Gasteiger partial charge in [0.1, 0.15) is 0 Å². The Kier molecular flexibility index (Phi) is 3.37. The van der Waals surface area contributed by atoms with Crippen molar-refractivity contribution in [2.75, 3.05) is 5.73 Å². The Bertz CT molecular complexity index is 1210. The molecule has 136 valence electrons. The smallest absolute Gasteiger partial charge is 0.215 e. The van der Waals surface area contributed by atoms with E-state index >= 15 is 0 Å². The molecule has 0 spiro atoms. The molecule has 0 atom stereocenters. The van der Waals surface area contributed by atoms with Gasteiger partial charge in [-0.15, -0.1) is 0 Å². The maximum atomic E-state index is 13.6. The lowest BCUT2D eigenvalue weighted by Crippen LogP contribution is -2.15. The second-order valence-electron chi connectivity index (χ2n) is 7.26. The largest absolute Gasteiger partial charge is 0.494 e. The molecule has 3 aromatic heterocycles. The van der Waals surface area contributed by atoms with E-state index in [0.29, 0.717) is 28.2 Å². The molecule has 0 amide bonds. The van der Waals surface area contributed by atoms with Gasteiger partial charge < -0.3 is 15.4 Å². The van der Waals surface area contributed by atoms with Crippen LogP contribution in [0, 0.1) is 12.9 Å². The van der Waals surface area contributed by atoms with Crippen molar-refractivity contribution >= 4 is 27.5 Å². The maximum Gasteiger partial charge on any atom is 0.215 e. The lowest BCUT2D eigenvalue weighted by Gasteiger charge is -2.27. The molecule has 3 N–H and O–H groups in total. The summed E-state index contributed by atoms with van der Waals surface area (Å²) in [5.74, 6) is -0.289. The van der Waals surface area contributed by atoms with Gasteiger partial charge in [0.15, 0.2) is 0 Å². The summed E-state index contributed by atoms with van der Waals surface area (Å²) in [7, 11) is 0. The summed E-state index contributed by atoms with van der Waals surface area (Å²) in [6.45, 7) is 1.69. The van der Waals surface area contributed by atoms with Crippen LogP contribution in [-0.2, 0) is 0 Å². The Morgan fingerprint density at radius 3 is 2.81 bits per heavy atom. The number of aromatic hydroxyl groups is 1. The first-order valence-corrected chi connectivity index (χ1v) is 9.09. The summed E-state index contributed by atoms with van der Waals surface area (Å²) in [4.78, 5) is 8.64. The highest BCUT2D eigenvalue weighted by molar-refractivity contribution is 6.12. The fourth-order valence-corrected chi connectivity index (χ4v) is 3.86. The molecule has 5 nitrogen and oxygen atoms in total. The van der Waals surface area contributed by atoms with Gasteiger partial charge in [-0.05, 0) is 32.3 Å². The van der Waals surface area contributed by atoms with Gasteiger partial charge in [0, 0.05) is 40.5 Å². The van der Waals surface area contributed by atoms with Gasteiger partial charge >= 0.3 is 0 Å². The number of pyridine rings is 2. The number of para-hydroxylation sites is 1. The van der Waals surface area contributed by atoms with Gasteiger partial charge in [0.25, 0.3) is 0 Å².